The molecule has 0 aliphatic carbocycles. The second-order valence-corrected chi connectivity index (χ2v) is 5.93. The average molecular weight is 360 g/mol. The lowest BCUT2D eigenvalue weighted by Crippen LogP contribution is -2.15. The SMILES string of the molecule is O=C(CCc1nc2c(cnn2-c2ccccc2)c(=O)[nH]1)Oc1ccccc1. The number of hydrogen-bond acceptors (Lipinski definition) is 5. The lowest BCUT2D eigenvalue weighted by molar-refractivity contribution is -0.134. The molecular formula is C20H16N4O3. The molecule has 0 aliphatic heterocycles. The fourth-order valence-electron chi connectivity index (χ4n) is 2.73. The molecule has 0 unspecified atom stereocenters. The van der Waals surface area contributed by atoms with Gasteiger partial charge in [-0.05, 0) is 24.3 Å². The van der Waals surface area contributed by atoms with Gasteiger partial charge >= 0.3 is 5.97 Å². The number of hydrogen-bond donors (Lipinski definition) is 1. The average Bonchev–Trinajstić information content (AvgIpc) is 3.12. The van der Waals surface area contributed by atoms with Crippen LogP contribution in [0.15, 0.2) is 71.7 Å². The van der Waals surface area contributed by atoms with Crippen LogP contribution < -0.4 is 10.3 Å². The zero-order valence-corrected chi connectivity index (χ0v) is 14.3. The number of esters is 1. The third kappa shape index (κ3) is 3.62. The molecule has 0 radical (unpaired) electrons. The van der Waals surface area contributed by atoms with E-state index in [9.17, 15) is 9.59 Å². The number of benzene rings is 2. The highest BCUT2D eigenvalue weighted by atomic mass is 16.5. The first-order valence-electron chi connectivity index (χ1n) is 8.49. The first-order chi connectivity index (χ1) is 13.2. The van der Waals surface area contributed by atoms with Crippen LogP contribution in [0.3, 0.4) is 0 Å². The van der Waals surface area contributed by atoms with Gasteiger partial charge in [-0.1, -0.05) is 36.4 Å². The maximum atomic E-state index is 12.3. The van der Waals surface area contributed by atoms with Crippen LogP contribution in [0.4, 0.5) is 0 Å². The number of aromatic amines is 1. The highest BCUT2D eigenvalue weighted by Crippen LogP contribution is 2.14. The van der Waals surface area contributed by atoms with Crippen molar-refractivity contribution in [3.63, 3.8) is 0 Å². The van der Waals surface area contributed by atoms with Crippen molar-refractivity contribution < 1.29 is 9.53 Å². The Kier molecular flexibility index (Phi) is 4.49. The van der Waals surface area contributed by atoms with Gasteiger partial charge < -0.3 is 9.72 Å². The Labute approximate surface area is 154 Å². The van der Waals surface area contributed by atoms with Gasteiger partial charge in [0.25, 0.3) is 5.56 Å². The summed E-state index contributed by atoms with van der Waals surface area (Å²) in [6, 6.07) is 18.3. The number of fused-ring (bicyclic) bond motifs is 1. The molecule has 2 heterocycles. The zero-order valence-electron chi connectivity index (χ0n) is 14.3. The van der Waals surface area contributed by atoms with Crippen molar-refractivity contribution in [3.8, 4) is 11.4 Å². The number of carbonyl (C=O) groups excluding carboxylic acids is 1. The molecule has 4 aromatic rings. The van der Waals surface area contributed by atoms with Gasteiger partial charge in [0.1, 0.15) is 17.0 Å². The van der Waals surface area contributed by atoms with Crippen LogP contribution in [0, 0.1) is 0 Å². The van der Waals surface area contributed by atoms with E-state index in [2.05, 4.69) is 15.1 Å². The molecule has 134 valence electrons. The van der Waals surface area contributed by atoms with E-state index in [1.54, 1.807) is 28.9 Å². The number of para-hydroxylation sites is 2. The Balaban J connectivity index is 1.56. The first-order valence-corrected chi connectivity index (χ1v) is 8.49. The van der Waals surface area contributed by atoms with Crippen LogP contribution in [0.5, 0.6) is 5.75 Å². The Morgan fingerprint density at radius 3 is 2.48 bits per heavy atom. The van der Waals surface area contributed by atoms with Crippen molar-refractivity contribution in [1.29, 1.82) is 0 Å². The lowest BCUT2D eigenvalue weighted by Gasteiger charge is -2.05. The predicted octanol–water partition coefficient (Wildman–Crippen LogP) is 2.65. The summed E-state index contributed by atoms with van der Waals surface area (Å²) in [5.74, 6) is 0.511. The molecule has 0 aliphatic rings. The molecule has 4 rings (SSSR count). The minimum absolute atomic E-state index is 0.100. The van der Waals surface area contributed by atoms with E-state index in [0.717, 1.165) is 5.69 Å². The fraction of sp³-hybridized carbons (Fsp3) is 0.100. The van der Waals surface area contributed by atoms with Crippen LogP contribution in [0.1, 0.15) is 12.2 Å². The Hall–Kier alpha value is -3.74. The van der Waals surface area contributed by atoms with Gasteiger partial charge in [-0.2, -0.15) is 5.10 Å². The molecule has 1 N–H and O–H groups in total. The lowest BCUT2D eigenvalue weighted by atomic mass is 10.3. The topological polar surface area (TPSA) is 89.9 Å². The van der Waals surface area contributed by atoms with E-state index in [1.165, 1.54) is 6.20 Å². The van der Waals surface area contributed by atoms with Crippen LogP contribution in [-0.4, -0.2) is 25.7 Å². The second kappa shape index (κ2) is 7.25. The highest BCUT2D eigenvalue weighted by Gasteiger charge is 2.13. The molecule has 0 fully saturated rings. The second-order valence-electron chi connectivity index (χ2n) is 5.93. The summed E-state index contributed by atoms with van der Waals surface area (Å²) in [5, 5.41) is 4.66. The molecule has 0 atom stereocenters. The monoisotopic (exact) mass is 360 g/mol. The minimum Gasteiger partial charge on any atom is -0.427 e. The Bertz CT molecular complexity index is 1130. The van der Waals surface area contributed by atoms with Crippen molar-refractivity contribution in [2.24, 2.45) is 0 Å². The summed E-state index contributed by atoms with van der Waals surface area (Å²) in [6.45, 7) is 0. The number of rotatable bonds is 5. The molecule has 27 heavy (non-hydrogen) atoms. The van der Waals surface area contributed by atoms with Gasteiger partial charge in [-0.3, -0.25) is 9.59 Å². The molecule has 0 saturated heterocycles. The smallest absolute Gasteiger partial charge is 0.311 e. The van der Waals surface area contributed by atoms with Gasteiger partial charge in [-0.25, -0.2) is 9.67 Å². The van der Waals surface area contributed by atoms with Gasteiger partial charge in [0, 0.05) is 6.42 Å². The number of aryl methyl sites for hydroxylation is 1. The minimum atomic E-state index is -0.388. The van der Waals surface area contributed by atoms with Crippen molar-refractivity contribution >= 4 is 17.0 Å². The van der Waals surface area contributed by atoms with Gasteiger partial charge in [0.15, 0.2) is 5.65 Å². The normalized spacial score (nSPS) is 10.8. The summed E-state index contributed by atoms with van der Waals surface area (Å²) in [5.41, 5.74) is 0.977. The van der Waals surface area contributed by atoms with Crippen LogP contribution >= 0.6 is 0 Å². The summed E-state index contributed by atoms with van der Waals surface area (Å²) in [7, 11) is 0. The summed E-state index contributed by atoms with van der Waals surface area (Å²) in [6.07, 6.45) is 1.85. The summed E-state index contributed by atoms with van der Waals surface area (Å²) in [4.78, 5) is 31.5. The van der Waals surface area contributed by atoms with Crippen molar-refractivity contribution in [2.45, 2.75) is 12.8 Å². The van der Waals surface area contributed by atoms with Crippen LogP contribution in [-0.2, 0) is 11.2 Å². The molecule has 2 aromatic heterocycles. The number of carbonyl (C=O) groups is 1. The molecular weight excluding hydrogens is 344 g/mol. The third-order valence-electron chi connectivity index (χ3n) is 4.03. The fourth-order valence-corrected chi connectivity index (χ4v) is 2.73. The largest absolute Gasteiger partial charge is 0.427 e. The molecule has 0 amide bonds. The number of H-pyrrole nitrogens is 1. The first kappa shape index (κ1) is 16.7. The highest BCUT2D eigenvalue weighted by molar-refractivity contribution is 5.75. The Morgan fingerprint density at radius 1 is 1.04 bits per heavy atom. The molecule has 0 saturated carbocycles. The number of aromatic nitrogens is 4. The maximum absolute atomic E-state index is 12.3. The molecule has 7 heteroatoms. The molecule has 7 nitrogen and oxygen atoms in total. The summed E-state index contributed by atoms with van der Waals surface area (Å²) < 4.78 is 6.86. The van der Waals surface area contributed by atoms with Crippen molar-refractivity contribution in [2.75, 3.05) is 0 Å². The van der Waals surface area contributed by atoms with Crippen LogP contribution in [0.25, 0.3) is 16.7 Å². The van der Waals surface area contributed by atoms with E-state index in [1.807, 2.05) is 36.4 Å². The predicted molar refractivity (Wildman–Crippen MR) is 99.9 cm³/mol. The van der Waals surface area contributed by atoms with Crippen LogP contribution in [0.2, 0.25) is 0 Å². The van der Waals surface area contributed by atoms with E-state index in [-0.39, 0.29) is 24.4 Å². The van der Waals surface area contributed by atoms with Gasteiger partial charge in [-0.15, -0.1) is 0 Å². The zero-order chi connectivity index (χ0) is 18.6. The quantitative estimate of drug-likeness (QED) is 0.436. The molecule has 0 bridgehead atoms. The number of nitrogens with zero attached hydrogens (tertiary/aromatic N) is 3. The van der Waals surface area contributed by atoms with E-state index < -0.39 is 0 Å². The van der Waals surface area contributed by atoms with E-state index in [4.69, 9.17) is 4.74 Å². The Morgan fingerprint density at radius 2 is 1.74 bits per heavy atom. The number of ether oxygens (including phenoxy) is 1. The molecule has 0 spiro atoms. The third-order valence-corrected chi connectivity index (χ3v) is 4.03. The molecule has 2 aromatic carbocycles. The standard InChI is InChI=1S/C20H16N4O3/c25-18(27-15-9-5-2-6-10-15)12-11-17-22-19-16(20(26)23-17)13-21-24(19)14-7-3-1-4-8-14/h1-10,13H,11-12H2,(H,22,23,26). The van der Waals surface area contributed by atoms with E-state index >= 15 is 0 Å². The van der Waals surface area contributed by atoms with Crippen molar-refractivity contribution in [3.05, 3.63) is 83.0 Å². The van der Waals surface area contributed by atoms with Crippen molar-refractivity contribution in [1.82, 2.24) is 19.7 Å². The summed E-state index contributed by atoms with van der Waals surface area (Å²) >= 11 is 0. The van der Waals surface area contributed by atoms with Gasteiger partial charge in [0.2, 0.25) is 0 Å². The van der Waals surface area contributed by atoms with E-state index in [0.29, 0.717) is 22.6 Å². The number of nitrogens with one attached hydrogen (secondary N) is 1. The maximum Gasteiger partial charge on any atom is 0.311 e. The van der Waals surface area contributed by atoms with Gasteiger partial charge in [0.05, 0.1) is 18.3 Å².